The molecule has 0 spiro atoms. The van der Waals surface area contributed by atoms with E-state index in [1.165, 1.54) is 12.1 Å². The first kappa shape index (κ1) is 16.0. The predicted octanol–water partition coefficient (Wildman–Crippen LogP) is 1.75. The van der Waals surface area contributed by atoms with Gasteiger partial charge in [0.25, 0.3) is 0 Å². The summed E-state index contributed by atoms with van der Waals surface area (Å²) in [6, 6.07) is 2.37. The van der Waals surface area contributed by atoms with Crippen LogP contribution in [0.1, 0.15) is 31.7 Å². The quantitative estimate of drug-likeness (QED) is 0.709. The molecule has 1 rings (SSSR count). The second kappa shape index (κ2) is 7.53. The molecule has 0 bridgehead atoms. The number of unbranched alkanes of at least 4 members (excludes halogenated alkanes) is 1. The molecule has 0 unspecified atom stereocenters. The van der Waals surface area contributed by atoms with Crippen LogP contribution in [0.2, 0.25) is 0 Å². The Morgan fingerprint density at radius 2 is 1.74 bits per heavy atom. The van der Waals surface area contributed by atoms with E-state index in [0.717, 1.165) is 18.9 Å². The molecule has 5 heteroatoms. The van der Waals surface area contributed by atoms with Crippen LogP contribution < -0.4 is 5.73 Å². The highest BCUT2D eigenvalue weighted by Crippen LogP contribution is 2.13. The molecule has 0 amide bonds. The van der Waals surface area contributed by atoms with E-state index in [0.29, 0.717) is 12.0 Å². The van der Waals surface area contributed by atoms with Crippen LogP contribution in [0, 0.1) is 11.6 Å². The molecule has 0 radical (unpaired) electrons. The monoisotopic (exact) mass is 273 g/mol. The number of halogens is 2. The summed E-state index contributed by atoms with van der Waals surface area (Å²) in [7, 11) is 0. The molecule has 0 saturated carbocycles. The van der Waals surface area contributed by atoms with Gasteiger partial charge < -0.3 is 15.9 Å². The Kier molecular flexibility index (Phi) is 6.34. The summed E-state index contributed by atoms with van der Waals surface area (Å²) in [6.07, 6.45) is 0.265. The third-order valence-corrected chi connectivity index (χ3v) is 3.08. The van der Waals surface area contributed by atoms with E-state index in [1.807, 2.05) is 6.92 Å². The molecule has 0 aliphatic heterocycles. The summed E-state index contributed by atoms with van der Waals surface area (Å²) in [6.45, 7) is 1.98. The van der Waals surface area contributed by atoms with Gasteiger partial charge in [0.1, 0.15) is 11.6 Å². The normalized spacial score (nSPS) is 16.1. The summed E-state index contributed by atoms with van der Waals surface area (Å²) in [5.74, 6) is -1.36. The largest absolute Gasteiger partial charge is 0.390 e. The molecule has 1 aromatic carbocycles. The number of hydrogen-bond donors (Lipinski definition) is 3. The number of benzene rings is 1. The SMILES string of the molecule is CCCC[C@@H](O)[C@H](O)[C@@H](N)Cc1cc(F)cc(F)c1. The Labute approximate surface area is 112 Å². The fraction of sp³-hybridized carbons (Fsp3) is 0.571. The molecule has 0 fully saturated rings. The third kappa shape index (κ3) is 5.22. The zero-order valence-electron chi connectivity index (χ0n) is 11.0. The van der Waals surface area contributed by atoms with Crippen molar-refractivity contribution in [1.29, 1.82) is 0 Å². The Morgan fingerprint density at radius 1 is 1.16 bits per heavy atom. The highest BCUT2D eigenvalue weighted by molar-refractivity contribution is 5.19. The van der Waals surface area contributed by atoms with E-state index in [4.69, 9.17) is 5.73 Å². The Bertz CT molecular complexity index is 381. The molecule has 0 aliphatic rings. The lowest BCUT2D eigenvalue weighted by Gasteiger charge is -2.23. The van der Waals surface area contributed by atoms with Crippen LogP contribution in [0.4, 0.5) is 8.78 Å². The van der Waals surface area contributed by atoms with Crippen LogP contribution in [0.15, 0.2) is 18.2 Å². The zero-order chi connectivity index (χ0) is 14.4. The molecule has 0 heterocycles. The Balaban J connectivity index is 2.60. The molecule has 108 valence electrons. The summed E-state index contributed by atoms with van der Waals surface area (Å²) in [5.41, 5.74) is 6.13. The lowest BCUT2D eigenvalue weighted by molar-refractivity contribution is -0.00128. The second-order valence-corrected chi connectivity index (χ2v) is 4.85. The van der Waals surface area contributed by atoms with Gasteiger partial charge in [-0.05, 0) is 30.5 Å². The minimum absolute atomic E-state index is 0.110. The molecule has 0 aliphatic carbocycles. The lowest BCUT2D eigenvalue weighted by Crippen LogP contribution is -2.44. The van der Waals surface area contributed by atoms with Crippen LogP contribution in [-0.2, 0) is 6.42 Å². The van der Waals surface area contributed by atoms with Gasteiger partial charge in [0, 0.05) is 12.1 Å². The summed E-state index contributed by atoms with van der Waals surface area (Å²) < 4.78 is 26.0. The van der Waals surface area contributed by atoms with Crippen LogP contribution in [0.25, 0.3) is 0 Å². The maximum atomic E-state index is 13.0. The molecule has 3 nitrogen and oxygen atoms in total. The van der Waals surface area contributed by atoms with E-state index in [-0.39, 0.29) is 6.42 Å². The van der Waals surface area contributed by atoms with Crippen LogP contribution in [-0.4, -0.2) is 28.5 Å². The third-order valence-electron chi connectivity index (χ3n) is 3.08. The molecular weight excluding hydrogens is 252 g/mol. The van der Waals surface area contributed by atoms with E-state index in [9.17, 15) is 19.0 Å². The maximum Gasteiger partial charge on any atom is 0.126 e. The average molecular weight is 273 g/mol. The summed E-state index contributed by atoms with van der Waals surface area (Å²) >= 11 is 0. The van der Waals surface area contributed by atoms with Crippen molar-refractivity contribution in [2.24, 2.45) is 5.73 Å². The Hall–Kier alpha value is -1.04. The van der Waals surface area contributed by atoms with Crippen molar-refractivity contribution in [3.8, 4) is 0 Å². The molecular formula is C14H21F2NO2. The first-order valence-corrected chi connectivity index (χ1v) is 6.50. The number of aliphatic hydroxyl groups excluding tert-OH is 2. The topological polar surface area (TPSA) is 66.5 Å². The average Bonchev–Trinajstić information content (AvgIpc) is 2.33. The van der Waals surface area contributed by atoms with Crippen LogP contribution in [0.5, 0.6) is 0 Å². The fourth-order valence-electron chi connectivity index (χ4n) is 1.99. The van der Waals surface area contributed by atoms with E-state index >= 15 is 0 Å². The van der Waals surface area contributed by atoms with Crippen LogP contribution in [0.3, 0.4) is 0 Å². The van der Waals surface area contributed by atoms with Crippen molar-refractivity contribution in [2.45, 2.75) is 50.9 Å². The van der Waals surface area contributed by atoms with Gasteiger partial charge in [-0.2, -0.15) is 0 Å². The highest BCUT2D eigenvalue weighted by atomic mass is 19.1. The Morgan fingerprint density at radius 3 is 2.26 bits per heavy atom. The van der Waals surface area contributed by atoms with Gasteiger partial charge >= 0.3 is 0 Å². The van der Waals surface area contributed by atoms with Crippen molar-refractivity contribution in [1.82, 2.24) is 0 Å². The van der Waals surface area contributed by atoms with Gasteiger partial charge in [0.05, 0.1) is 12.2 Å². The van der Waals surface area contributed by atoms with Gasteiger partial charge in [-0.25, -0.2) is 8.78 Å². The maximum absolute atomic E-state index is 13.0. The molecule has 3 atom stereocenters. The zero-order valence-corrected chi connectivity index (χ0v) is 11.0. The number of aliphatic hydroxyl groups is 2. The first-order chi connectivity index (χ1) is 8.93. The lowest BCUT2D eigenvalue weighted by atomic mass is 9.96. The highest BCUT2D eigenvalue weighted by Gasteiger charge is 2.23. The van der Waals surface area contributed by atoms with Gasteiger partial charge in [-0.3, -0.25) is 0 Å². The van der Waals surface area contributed by atoms with Gasteiger partial charge in [-0.15, -0.1) is 0 Å². The van der Waals surface area contributed by atoms with Crippen LogP contribution >= 0.6 is 0 Å². The van der Waals surface area contributed by atoms with E-state index < -0.39 is 29.9 Å². The number of nitrogens with two attached hydrogens (primary N) is 1. The minimum atomic E-state index is -1.10. The van der Waals surface area contributed by atoms with Gasteiger partial charge in [0.15, 0.2) is 0 Å². The predicted molar refractivity (Wildman–Crippen MR) is 69.6 cm³/mol. The van der Waals surface area contributed by atoms with Gasteiger partial charge in [-0.1, -0.05) is 19.8 Å². The number of rotatable bonds is 7. The van der Waals surface area contributed by atoms with Crippen molar-refractivity contribution in [3.63, 3.8) is 0 Å². The van der Waals surface area contributed by atoms with E-state index in [1.54, 1.807) is 0 Å². The molecule has 19 heavy (non-hydrogen) atoms. The van der Waals surface area contributed by atoms with Crippen molar-refractivity contribution < 1.29 is 19.0 Å². The first-order valence-electron chi connectivity index (χ1n) is 6.50. The standard InChI is InChI=1S/C14H21F2NO2/c1-2-3-4-13(18)14(19)12(17)7-9-5-10(15)8-11(16)6-9/h5-6,8,12-14,18-19H,2-4,7,17H2,1H3/t12-,13+,14+/m0/s1. The van der Waals surface area contributed by atoms with Crippen molar-refractivity contribution in [2.75, 3.05) is 0 Å². The van der Waals surface area contributed by atoms with Gasteiger partial charge in [0.2, 0.25) is 0 Å². The molecule has 4 N–H and O–H groups in total. The summed E-state index contributed by atoms with van der Waals surface area (Å²) in [5, 5.41) is 19.6. The van der Waals surface area contributed by atoms with Crippen molar-refractivity contribution >= 4 is 0 Å². The van der Waals surface area contributed by atoms with E-state index in [2.05, 4.69) is 0 Å². The second-order valence-electron chi connectivity index (χ2n) is 4.85. The summed E-state index contributed by atoms with van der Waals surface area (Å²) in [4.78, 5) is 0. The molecule has 0 saturated heterocycles. The molecule has 1 aromatic rings. The fourth-order valence-corrected chi connectivity index (χ4v) is 1.99. The molecule has 0 aromatic heterocycles. The smallest absolute Gasteiger partial charge is 0.126 e. The van der Waals surface area contributed by atoms with Crippen molar-refractivity contribution in [3.05, 3.63) is 35.4 Å². The minimum Gasteiger partial charge on any atom is -0.390 e. The number of hydrogen-bond acceptors (Lipinski definition) is 3.